The molecule has 100 valence electrons. The molecule has 4 nitrogen and oxygen atoms in total. The number of hydrogen-bond acceptors (Lipinski definition) is 4. The first-order chi connectivity index (χ1) is 9.02. The smallest absolute Gasteiger partial charge is 0.138 e. The number of anilines is 3. The highest BCUT2D eigenvalue weighted by molar-refractivity contribution is 6.44. The molecule has 0 aliphatic rings. The number of hydrogen-bond donors (Lipinski definition) is 2. The molecule has 0 aliphatic heterocycles. The maximum absolute atomic E-state index is 6.11. The Morgan fingerprint density at radius 3 is 2.26 bits per heavy atom. The number of halogens is 3. The molecule has 7 heteroatoms. The lowest BCUT2D eigenvalue weighted by atomic mass is 10.2. The molecule has 1 aromatic heterocycles. The summed E-state index contributed by atoms with van der Waals surface area (Å²) in [6.07, 6.45) is 1.46. The van der Waals surface area contributed by atoms with E-state index in [1.165, 1.54) is 6.33 Å². The number of benzene rings is 1. The van der Waals surface area contributed by atoms with E-state index in [1.807, 2.05) is 6.92 Å². The van der Waals surface area contributed by atoms with Gasteiger partial charge in [0, 0.05) is 12.6 Å². The van der Waals surface area contributed by atoms with Crippen molar-refractivity contribution in [1.82, 2.24) is 9.97 Å². The average Bonchev–Trinajstić information content (AvgIpc) is 2.38. The zero-order chi connectivity index (χ0) is 14.0. The van der Waals surface area contributed by atoms with E-state index in [0.717, 1.165) is 11.4 Å². The zero-order valence-electron chi connectivity index (χ0n) is 10.3. The second-order valence-electron chi connectivity index (χ2n) is 3.82. The van der Waals surface area contributed by atoms with E-state index in [2.05, 4.69) is 20.6 Å². The Morgan fingerprint density at radius 2 is 1.58 bits per heavy atom. The van der Waals surface area contributed by atoms with Crippen molar-refractivity contribution in [3.63, 3.8) is 0 Å². The first-order valence-electron chi connectivity index (χ1n) is 5.44. The molecule has 0 spiro atoms. The predicted molar refractivity (Wildman–Crippen MR) is 81.1 cm³/mol. The molecule has 0 fully saturated rings. The summed E-state index contributed by atoms with van der Waals surface area (Å²) < 4.78 is 0. The van der Waals surface area contributed by atoms with E-state index < -0.39 is 0 Å². The standard InChI is InChI=1S/C12H11Cl3N4/c1-6-11(16-2)17-5-18-12(6)19-10-4-8(14)7(13)3-9(10)15/h3-5H,1-2H3,(H2,16,17,18,19). The van der Waals surface area contributed by atoms with E-state index in [-0.39, 0.29) is 0 Å². The van der Waals surface area contributed by atoms with Gasteiger partial charge >= 0.3 is 0 Å². The van der Waals surface area contributed by atoms with Gasteiger partial charge in [0.15, 0.2) is 0 Å². The van der Waals surface area contributed by atoms with Crippen molar-refractivity contribution >= 4 is 52.1 Å². The molecule has 2 rings (SSSR count). The maximum atomic E-state index is 6.11. The molecule has 1 aromatic carbocycles. The summed E-state index contributed by atoms with van der Waals surface area (Å²) in [5.74, 6) is 1.40. The van der Waals surface area contributed by atoms with E-state index in [0.29, 0.717) is 26.6 Å². The Kier molecular flexibility index (Phi) is 4.34. The largest absolute Gasteiger partial charge is 0.373 e. The van der Waals surface area contributed by atoms with Gasteiger partial charge in [-0.2, -0.15) is 0 Å². The molecule has 0 unspecified atom stereocenters. The number of nitrogens with one attached hydrogen (secondary N) is 2. The first-order valence-corrected chi connectivity index (χ1v) is 6.57. The fraction of sp³-hybridized carbons (Fsp3) is 0.167. The van der Waals surface area contributed by atoms with Crippen LogP contribution in [0, 0.1) is 6.92 Å². The zero-order valence-corrected chi connectivity index (χ0v) is 12.5. The van der Waals surface area contributed by atoms with Crippen LogP contribution in [-0.2, 0) is 0 Å². The van der Waals surface area contributed by atoms with Gasteiger partial charge in [0.25, 0.3) is 0 Å². The Bertz CT molecular complexity index is 616. The summed E-state index contributed by atoms with van der Waals surface area (Å²) in [4.78, 5) is 8.29. The van der Waals surface area contributed by atoms with Crippen molar-refractivity contribution in [2.45, 2.75) is 6.92 Å². The molecule has 0 bridgehead atoms. The summed E-state index contributed by atoms with van der Waals surface area (Å²) in [6, 6.07) is 3.25. The van der Waals surface area contributed by atoms with Crippen molar-refractivity contribution < 1.29 is 0 Å². The first kappa shape index (κ1) is 14.2. The summed E-state index contributed by atoms with van der Waals surface area (Å²) in [5.41, 5.74) is 1.52. The van der Waals surface area contributed by atoms with Gasteiger partial charge in [-0.25, -0.2) is 9.97 Å². The van der Waals surface area contributed by atoms with Crippen LogP contribution in [0.1, 0.15) is 5.56 Å². The quantitative estimate of drug-likeness (QED) is 0.817. The van der Waals surface area contributed by atoms with Crippen LogP contribution in [0.25, 0.3) is 0 Å². The normalized spacial score (nSPS) is 10.4. The summed E-state index contributed by atoms with van der Waals surface area (Å²) in [6.45, 7) is 1.90. The minimum atomic E-state index is 0.410. The van der Waals surface area contributed by atoms with Gasteiger partial charge in [0.05, 0.1) is 20.8 Å². The third-order valence-corrected chi connectivity index (χ3v) is 3.62. The van der Waals surface area contributed by atoms with Gasteiger partial charge in [-0.15, -0.1) is 0 Å². The molecule has 0 saturated heterocycles. The highest BCUT2D eigenvalue weighted by atomic mass is 35.5. The van der Waals surface area contributed by atoms with Crippen LogP contribution in [-0.4, -0.2) is 17.0 Å². The Balaban J connectivity index is 2.39. The molecule has 0 amide bonds. The van der Waals surface area contributed by atoms with E-state index in [1.54, 1.807) is 19.2 Å². The summed E-state index contributed by atoms with van der Waals surface area (Å²) >= 11 is 18.0. The van der Waals surface area contributed by atoms with Gasteiger partial charge in [-0.3, -0.25) is 0 Å². The van der Waals surface area contributed by atoms with Crippen molar-refractivity contribution in [3.8, 4) is 0 Å². The number of nitrogens with zero attached hydrogens (tertiary/aromatic N) is 2. The molecule has 2 aromatic rings. The van der Waals surface area contributed by atoms with Crippen molar-refractivity contribution in [2.24, 2.45) is 0 Å². The molecular formula is C12H11Cl3N4. The Morgan fingerprint density at radius 1 is 0.947 bits per heavy atom. The van der Waals surface area contributed by atoms with Crippen LogP contribution in [0.15, 0.2) is 18.5 Å². The van der Waals surface area contributed by atoms with Gasteiger partial charge in [0.2, 0.25) is 0 Å². The summed E-state index contributed by atoms with van der Waals surface area (Å²) in [7, 11) is 1.80. The van der Waals surface area contributed by atoms with E-state index >= 15 is 0 Å². The van der Waals surface area contributed by atoms with Crippen LogP contribution in [0.5, 0.6) is 0 Å². The molecular weight excluding hydrogens is 307 g/mol. The molecule has 19 heavy (non-hydrogen) atoms. The lowest BCUT2D eigenvalue weighted by Gasteiger charge is -2.12. The fourth-order valence-electron chi connectivity index (χ4n) is 1.57. The second kappa shape index (κ2) is 5.82. The second-order valence-corrected chi connectivity index (χ2v) is 5.04. The minimum absolute atomic E-state index is 0.410. The van der Waals surface area contributed by atoms with Gasteiger partial charge in [0.1, 0.15) is 18.0 Å². The van der Waals surface area contributed by atoms with Crippen LogP contribution in [0.4, 0.5) is 17.3 Å². The average molecular weight is 318 g/mol. The third-order valence-electron chi connectivity index (χ3n) is 2.58. The van der Waals surface area contributed by atoms with Crippen LogP contribution in [0.2, 0.25) is 15.1 Å². The maximum Gasteiger partial charge on any atom is 0.138 e. The van der Waals surface area contributed by atoms with Gasteiger partial charge in [-0.05, 0) is 19.1 Å². The van der Waals surface area contributed by atoms with Gasteiger partial charge in [-0.1, -0.05) is 34.8 Å². The molecule has 0 atom stereocenters. The Hall–Kier alpha value is -1.23. The summed E-state index contributed by atoms with van der Waals surface area (Å²) in [5, 5.41) is 7.41. The lowest BCUT2D eigenvalue weighted by molar-refractivity contribution is 1.12. The van der Waals surface area contributed by atoms with E-state index in [9.17, 15) is 0 Å². The molecule has 0 radical (unpaired) electrons. The number of rotatable bonds is 3. The molecule has 0 saturated carbocycles. The predicted octanol–water partition coefficient (Wildman–Crippen LogP) is 4.53. The monoisotopic (exact) mass is 316 g/mol. The minimum Gasteiger partial charge on any atom is -0.373 e. The van der Waals surface area contributed by atoms with Crippen molar-refractivity contribution in [2.75, 3.05) is 17.7 Å². The van der Waals surface area contributed by atoms with Crippen molar-refractivity contribution in [3.05, 3.63) is 39.1 Å². The van der Waals surface area contributed by atoms with Crippen LogP contribution < -0.4 is 10.6 Å². The molecule has 1 heterocycles. The highest BCUT2D eigenvalue weighted by Gasteiger charge is 2.10. The lowest BCUT2D eigenvalue weighted by Crippen LogP contribution is -2.02. The highest BCUT2D eigenvalue weighted by Crippen LogP contribution is 2.34. The van der Waals surface area contributed by atoms with Crippen LogP contribution >= 0.6 is 34.8 Å². The topological polar surface area (TPSA) is 49.8 Å². The Labute approximate surface area is 126 Å². The number of aromatic nitrogens is 2. The van der Waals surface area contributed by atoms with E-state index in [4.69, 9.17) is 34.8 Å². The fourth-order valence-corrected chi connectivity index (χ4v) is 2.17. The molecule has 0 aliphatic carbocycles. The SMILES string of the molecule is CNc1ncnc(Nc2cc(Cl)c(Cl)cc2Cl)c1C. The third kappa shape index (κ3) is 3.03. The van der Waals surface area contributed by atoms with Crippen molar-refractivity contribution in [1.29, 1.82) is 0 Å². The van der Waals surface area contributed by atoms with Crippen LogP contribution in [0.3, 0.4) is 0 Å². The molecule has 2 N–H and O–H groups in total. The van der Waals surface area contributed by atoms with Gasteiger partial charge < -0.3 is 10.6 Å².